The minimum atomic E-state index is -4.62. The fourth-order valence-corrected chi connectivity index (χ4v) is 4.72. The molecule has 2 N–H and O–H groups in total. The molecule has 4 rings (SSSR count). The van der Waals surface area contributed by atoms with Gasteiger partial charge in [-0.15, -0.1) is 10.2 Å². The number of benzene rings is 1. The van der Waals surface area contributed by atoms with Crippen LogP contribution < -0.4 is 5.73 Å². The first kappa shape index (κ1) is 19.9. The van der Waals surface area contributed by atoms with Crippen molar-refractivity contribution >= 4 is 5.91 Å². The maximum Gasteiger partial charge on any atom is 0.451 e. The molecule has 0 spiro atoms. The Labute approximate surface area is 166 Å². The van der Waals surface area contributed by atoms with Gasteiger partial charge in [0, 0.05) is 31.1 Å². The molecule has 156 valence electrons. The van der Waals surface area contributed by atoms with Crippen LogP contribution in [0.5, 0.6) is 0 Å². The summed E-state index contributed by atoms with van der Waals surface area (Å²) < 4.78 is 40.0. The summed E-state index contributed by atoms with van der Waals surface area (Å²) in [6, 6.07) is 8.34. The first-order valence-corrected chi connectivity index (χ1v) is 9.84. The summed E-state index contributed by atoms with van der Waals surface area (Å²) in [6.07, 6.45) is -1.43. The second-order valence-corrected chi connectivity index (χ2v) is 8.08. The van der Waals surface area contributed by atoms with E-state index in [1.807, 2.05) is 6.07 Å². The van der Waals surface area contributed by atoms with Crippen molar-refractivity contribution in [3.05, 3.63) is 47.0 Å². The Kier molecular flexibility index (Phi) is 4.88. The number of halogens is 3. The van der Waals surface area contributed by atoms with Crippen molar-refractivity contribution in [1.29, 1.82) is 0 Å². The van der Waals surface area contributed by atoms with Crippen molar-refractivity contribution in [2.75, 3.05) is 13.1 Å². The Morgan fingerprint density at radius 1 is 1.21 bits per heavy atom. The van der Waals surface area contributed by atoms with E-state index in [4.69, 9.17) is 5.73 Å². The van der Waals surface area contributed by atoms with Gasteiger partial charge in [0.15, 0.2) is 0 Å². The number of carbonyl (C=O) groups is 1. The summed E-state index contributed by atoms with van der Waals surface area (Å²) in [4.78, 5) is 14.5. The van der Waals surface area contributed by atoms with Crippen LogP contribution in [0.4, 0.5) is 13.2 Å². The maximum absolute atomic E-state index is 13.0. The van der Waals surface area contributed by atoms with E-state index < -0.39 is 17.9 Å². The third-order valence-electron chi connectivity index (χ3n) is 6.40. The molecule has 1 aliphatic heterocycles. The Balaban J connectivity index is 1.51. The summed E-state index contributed by atoms with van der Waals surface area (Å²) >= 11 is 0. The molecular formula is C20H24F3N5O. The Bertz CT molecular complexity index is 915. The molecule has 0 unspecified atom stereocenters. The highest BCUT2D eigenvalue weighted by Gasteiger charge is 2.44. The number of alkyl halides is 3. The predicted molar refractivity (Wildman–Crippen MR) is 100 cm³/mol. The lowest BCUT2D eigenvalue weighted by Crippen LogP contribution is -2.51. The number of hydrogen-bond acceptors (Lipinski definition) is 4. The summed E-state index contributed by atoms with van der Waals surface area (Å²) in [7, 11) is 0. The predicted octanol–water partition coefficient (Wildman–Crippen LogP) is 2.90. The van der Waals surface area contributed by atoms with E-state index in [1.165, 1.54) is 11.1 Å². The second-order valence-electron chi connectivity index (χ2n) is 8.08. The molecule has 0 radical (unpaired) electrons. The van der Waals surface area contributed by atoms with Crippen LogP contribution in [0, 0.1) is 6.92 Å². The third-order valence-corrected chi connectivity index (χ3v) is 6.40. The van der Waals surface area contributed by atoms with Crippen molar-refractivity contribution in [2.45, 2.75) is 56.8 Å². The summed E-state index contributed by atoms with van der Waals surface area (Å²) in [5.41, 5.74) is 8.45. The van der Waals surface area contributed by atoms with Gasteiger partial charge < -0.3 is 10.6 Å². The molecule has 6 nitrogen and oxygen atoms in total. The maximum atomic E-state index is 13.0. The molecule has 1 saturated carbocycles. The van der Waals surface area contributed by atoms with Gasteiger partial charge in [-0.05, 0) is 38.2 Å². The third kappa shape index (κ3) is 3.41. The van der Waals surface area contributed by atoms with Gasteiger partial charge in [0.2, 0.25) is 11.6 Å². The van der Waals surface area contributed by atoms with Crippen LogP contribution in [-0.2, 0) is 18.1 Å². The van der Waals surface area contributed by atoms with Crippen LogP contribution in [-0.4, -0.2) is 44.7 Å². The number of rotatable bonds is 3. The normalized spacial score (nSPS) is 25.2. The fourth-order valence-electron chi connectivity index (χ4n) is 4.72. The second kappa shape index (κ2) is 7.12. The Morgan fingerprint density at radius 3 is 2.55 bits per heavy atom. The van der Waals surface area contributed by atoms with Gasteiger partial charge in [-0.25, -0.2) is 0 Å². The zero-order valence-corrected chi connectivity index (χ0v) is 16.2. The van der Waals surface area contributed by atoms with Crippen molar-refractivity contribution in [2.24, 2.45) is 5.73 Å². The highest BCUT2D eigenvalue weighted by molar-refractivity contribution is 5.91. The van der Waals surface area contributed by atoms with E-state index in [9.17, 15) is 18.0 Å². The number of carbonyl (C=O) groups excluding carboxylic acids is 1. The molecule has 2 heterocycles. The quantitative estimate of drug-likeness (QED) is 0.849. The molecule has 1 aliphatic carbocycles. The summed E-state index contributed by atoms with van der Waals surface area (Å²) in [5.74, 6) is -1.80. The van der Waals surface area contributed by atoms with Crippen molar-refractivity contribution < 1.29 is 18.0 Å². The molecule has 1 amide bonds. The standard InChI is InChI=1S/C20H24F3N5O/c1-13-3-2-4-14(11-13)19(12-24)7-5-15(6-8-19)27-9-10-28-16(17(27)29)25-26-18(28)20(21,22)23/h2-4,11,15H,5-10,12,24H2,1H3/t15-,19-. The van der Waals surface area contributed by atoms with E-state index in [0.717, 1.165) is 30.3 Å². The van der Waals surface area contributed by atoms with Crippen LogP contribution in [0.2, 0.25) is 0 Å². The SMILES string of the molecule is Cc1cccc([C@]2(CN)CC[C@@H](N3CCn4c(nnc4C(F)(F)F)C3=O)CC2)c1. The number of fused-ring (bicyclic) bond motifs is 1. The van der Waals surface area contributed by atoms with Gasteiger partial charge in [0.05, 0.1) is 0 Å². The van der Waals surface area contributed by atoms with Crippen LogP contribution in [0.1, 0.15) is 53.3 Å². The minimum absolute atomic E-state index is 0.0215. The number of hydrogen-bond donors (Lipinski definition) is 1. The minimum Gasteiger partial charge on any atom is -0.331 e. The van der Waals surface area contributed by atoms with Gasteiger partial charge in [-0.1, -0.05) is 29.8 Å². The molecule has 2 aliphatic rings. The first-order chi connectivity index (χ1) is 13.7. The summed E-state index contributed by atoms with van der Waals surface area (Å²) in [6.45, 7) is 2.87. The number of amides is 1. The average molecular weight is 407 g/mol. The van der Waals surface area contributed by atoms with Gasteiger partial charge in [0.25, 0.3) is 5.91 Å². The molecule has 2 aromatic rings. The van der Waals surface area contributed by atoms with Crippen molar-refractivity contribution in [3.63, 3.8) is 0 Å². The zero-order chi connectivity index (χ0) is 20.8. The monoisotopic (exact) mass is 407 g/mol. The van der Waals surface area contributed by atoms with Gasteiger partial charge in [-0.3, -0.25) is 9.36 Å². The lowest BCUT2D eigenvalue weighted by Gasteiger charge is -2.44. The number of aryl methyl sites for hydroxylation is 1. The average Bonchev–Trinajstić information content (AvgIpc) is 3.14. The molecule has 1 fully saturated rings. The van der Waals surface area contributed by atoms with E-state index in [0.29, 0.717) is 6.54 Å². The molecular weight excluding hydrogens is 383 g/mol. The molecule has 0 atom stereocenters. The van der Waals surface area contributed by atoms with Gasteiger partial charge in [-0.2, -0.15) is 13.2 Å². The van der Waals surface area contributed by atoms with Crippen LogP contribution >= 0.6 is 0 Å². The Morgan fingerprint density at radius 2 is 1.93 bits per heavy atom. The molecule has 0 saturated heterocycles. The van der Waals surface area contributed by atoms with Crippen molar-refractivity contribution in [1.82, 2.24) is 19.7 Å². The van der Waals surface area contributed by atoms with Gasteiger partial charge in [0.1, 0.15) is 0 Å². The number of nitrogens with two attached hydrogens (primary N) is 1. The van der Waals surface area contributed by atoms with Crippen molar-refractivity contribution in [3.8, 4) is 0 Å². The fraction of sp³-hybridized carbons (Fsp3) is 0.550. The highest BCUT2D eigenvalue weighted by atomic mass is 19.4. The van der Waals surface area contributed by atoms with Crippen LogP contribution in [0.15, 0.2) is 24.3 Å². The lowest BCUT2D eigenvalue weighted by atomic mass is 9.67. The summed E-state index contributed by atoms with van der Waals surface area (Å²) in [5, 5.41) is 6.74. The molecule has 0 bridgehead atoms. The van der Waals surface area contributed by atoms with E-state index >= 15 is 0 Å². The highest BCUT2D eigenvalue weighted by Crippen LogP contribution is 2.41. The van der Waals surface area contributed by atoms with E-state index in [-0.39, 0.29) is 30.4 Å². The molecule has 1 aromatic heterocycles. The number of nitrogens with zero attached hydrogens (tertiary/aromatic N) is 4. The molecule has 9 heteroatoms. The topological polar surface area (TPSA) is 77.0 Å². The lowest BCUT2D eigenvalue weighted by molar-refractivity contribution is -0.147. The van der Waals surface area contributed by atoms with Crippen LogP contribution in [0.25, 0.3) is 0 Å². The largest absolute Gasteiger partial charge is 0.451 e. The number of aromatic nitrogens is 3. The van der Waals surface area contributed by atoms with Crippen LogP contribution in [0.3, 0.4) is 0 Å². The van der Waals surface area contributed by atoms with E-state index in [1.54, 1.807) is 4.90 Å². The smallest absolute Gasteiger partial charge is 0.331 e. The first-order valence-electron chi connectivity index (χ1n) is 9.84. The molecule has 1 aromatic carbocycles. The van der Waals surface area contributed by atoms with E-state index in [2.05, 4.69) is 35.3 Å². The molecule has 29 heavy (non-hydrogen) atoms. The Hall–Kier alpha value is -2.42. The zero-order valence-electron chi connectivity index (χ0n) is 16.2. The van der Waals surface area contributed by atoms with Gasteiger partial charge >= 0.3 is 6.18 Å².